The average Bonchev–Trinajstić information content (AvgIpc) is 2.56. The van der Waals surface area contributed by atoms with E-state index < -0.39 is 0 Å². The minimum atomic E-state index is 0.412. The third-order valence-corrected chi connectivity index (χ3v) is 2.25. The van der Waals surface area contributed by atoms with Crippen LogP contribution in [0.2, 0.25) is 5.22 Å². The normalized spacial score (nSPS) is 10.4. The van der Waals surface area contributed by atoms with E-state index in [9.17, 15) is 0 Å². The Bertz CT molecular complexity index is 436. The molecule has 1 aromatic carbocycles. The van der Waals surface area contributed by atoms with Crippen LogP contribution in [0, 0.1) is 0 Å². The van der Waals surface area contributed by atoms with E-state index in [1.807, 2.05) is 30.3 Å². The Hall–Kier alpha value is -1.41. The summed E-state index contributed by atoms with van der Waals surface area (Å²) in [5, 5.41) is 0.412. The molecule has 0 aliphatic heterocycles. The second-order valence-electron chi connectivity index (χ2n) is 3.08. The van der Waals surface area contributed by atoms with Gasteiger partial charge in [-0.1, -0.05) is 18.2 Å². The molecule has 0 fully saturated rings. The highest BCUT2D eigenvalue weighted by Crippen LogP contribution is 2.19. The quantitative estimate of drug-likeness (QED) is 0.769. The minimum absolute atomic E-state index is 0.412. The fraction of sp³-hybridized carbons (Fsp3) is 0.0909. The molecule has 0 unspecified atom stereocenters. The largest absolute Gasteiger partial charge is 0.449 e. The van der Waals surface area contributed by atoms with Crippen LogP contribution >= 0.6 is 11.6 Å². The Labute approximate surface area is 87.3 Å². The van der Waals surface area contributed by atoms with Crippen LogP contribution < -0.4 is 5.73 Å². The van der Waals surface area contributed by atoms with Gasteiger partial charge in [0.05, 0.1) is 0 Å². The van der Waals surface area contributed by atoms with Gasteiger partial charge in [-0.15, -0.1) is 0 Å². The fourth-order valence-corrected chi connectivity index (χ4v) is 1.49. The van der Waals surface area contributed by atoms with Gasteiger partial charge in [-0.3, -0.25) is 0 Å². The summed E-state index contributed by atoms with van der Waals surface area (Å²) >= 11 is 5.67. The second-order valence-corrected chi connectivity index (χ2v) is 3.45. The first-order valence-corrected chi connectivity index (χ1v) is 4.71. The summed E-state index contributed by atoms with van der Waals surface area (Å²) in [6.07, 6.45) is 0.680. The van der Waals surface area contributed by atoms with Gasteiger partial charge in [-0.2, -0.15) is 0 Å². The number of nitrogens with two attached hydrogens (primary N) is 1. The van der Waals surface area contributed by atoms with Crippen LogP contribution in [0.3, 0.4) is 0 Å². The summed E-state index contributed by atoms with van der Waals surface area (Å²) < 4.78 is 5.25. The molecule has 0 atom stereocenters. The fourth-order valence-electron chi connectivity index (χ4n) is 1.33. The third-order valence-electron chi connectivity index (χ3n) is 2.05. The lowest BCUT2D eigenvalue weighted by Crippen LogP contribution is -1.93. The van der Waals surface area contributed by atoms with E-state index in [-0.39, 0.29) is 0 Å². The highest BCUT2D eigenvalue weighted by atomic mass is 35.5. The van der Waals surface area contributed by atoms with Gasteiger partial charge in [-0.25, -0.2) is 0 Å². The number of hydrogen-bond acceptors (Lipinski definition) is 2. The molecule has 0 spiro atoms. The number of halogens is 1. The zero-order chi connectivity index (χ0) is 9.97. The Morgan fingerprint density at radius 1 is 1.14 bits per heavy atom. The molecule has 0 aliphatic carbocycles. The first-order chi connectivity index (χ1) is 6.75. The number of rotatable bonds is 2. The summed E-state index contributed by atoms with van der Waals surface area (Å²) in [5.74, 6) is 0.827. The van der Waals surface area contributed by atoms with Crippen LogP contribution in [-0.2, 0) is 6.42 Å². The van der Waals surface area contributed by atoms with Crippen LogP contribution in [-0.4, -0.2) is 0 Å². The van der Waals surface area contributed by atoms with Crippen LogP contribution in [0.25, 0.3) is 0 Å². The molecule has 1 heterocycles. The van der Waals surface area contributed by atoms with Crippen molar-refractivity contribution in [2.24, 2.45) is 0 Å². The number of nitrogen functional groups attached to an aromatic ring is 1. The van der Waals surface area contributed by atoms with Gasteiger partial charge in [-0.05, 0) is 35.4 Å². The van der Waals surface area contributed by atoms with Gasteiger partial charge in [0.1, 0.15) is 5.76 Å². The highest BCUT2D eigenvalue weighted by molar-refractivity contribution is 6.28. The highest BCUT2D eigenvalue weighted by Gasteiger charge is 2.03. The van der Waals surface area contributed by atoms with Gasteiger partial charge in [0.2, 0.25) is 0 Å². The van der Waals surface area contributed by atoms with Crippen molar-refractivity contribution in [3.05, 3.63) is 52.9 Å². The van der Waals surface area contributed by atoms with Crippen LogP contribution in [0.1, 0.15) is 11.3 Å². The number of hydrogen-bond donors (Lipinski definition) is 1. The molecular weight excluding hydrogens is 198 g/mol. The molecule has 72 valence electrons. The lowest BCUT2D eigenvalue weighted by Gasteiger charge is -2.01. The van der Waals surface area contributed by atoms with Gasteiger partial charge in [0.25, 0.3) is 0 Å². The molecule has 0 radical (unpaired) electrons. The molecular formula is C11H10ClNO. The van der Waals surface area contributed by atoms with E-state index >= 15 is 0 Å². The molecule has 0 saturated carbocycles. The lowest BCUT2D eigenvalue weighted by molar-refractivity contribution is 0.523. The Kier molecular flexibility index (Phi) is 2.46. The summed E-state index contributed by atoms with van der Waals surface area (Å²) in [5.41, 5.74) is 7.63. The molecule has 3 heteroatoms. The zero-order valence-corrected chi connectivity index (χ0v) is 8.29. The van der Waals surface area contributed by atoms with Crippen molar-refractivity contribution < 1.29 is 4.42 Å². The van der Waals surface area contributed by atoms with E-state index in [1.165, 1.54) is 0 Å². The van der Waals surface area contributed by atoms with E-state index in [1.54, 1.807) is 6.07 Å². The molecule has 14 heavy (non-hydrogen) atoms. The molecule has 0 bridgehead atoms. The monoisotopic (exact) mass is 207 g/mol. The maximum absolute atomic E-state index is 5.80. The molecule has 0 amide bonds. The summed E-state index contributed by atoms with van der Waals surface area (Å²) in [4.78, 5) is 0. The third kappa shape index (κ3) is 1.91. The Balaban J connectivity index is 2.23. The van der Waals surface area contributed by atoms with E-state index in [4.69, 9.17) is 21.8 Å². The first kappa shape index (κ1) is 9.16. The number of benzene rings is 1. The van der Waals surface area contributed by atoms with Crippen molar-refractivity contribution in [2.45, 2.75) is 6.42 Å². The average molecular weight is 208 g/mol. The Morgan fingerprint density at radius 2 is 1.93 bits per heavy atom. The summed E-state index contributed by atoms with van der Waals surface area (Å²) in [6, 6.07) is 11.3. The molecule has 2 N–H and O–H groups in total. The molecule has 2 nitrogen and oxygen atoms in total. The standard InChI is InChI=1S/C11H10ClNO/c12-11-6-5-9(14-11)7-8-3-1-2-4-10(8)13/h1-6H,7,13H2. The molecule has 0 aliphatic rings. The van der Waals surface area contributed by atoms with Crippen molar-refractivity contribution >= 4 is 17.3 Å². The molecule has 2 aromatic rings. The first-order valence-electron chi connectivity index (χ1n) is 4.33. The number of furan rings is 1. The predicted molar refractivity (Wildman–Crippen MR) is 57.4 cm³/mol. The molecule has 1 aromatic heterocycles. The maximum Gasteiger partial charge on any atom is 0.193 e. The van der Waals surface area contributed by atoms with Gasteiger partial charge >= 0.3 is 0 Å². The van der Waals surface area contributed by atoms with Crippen LogP contribution in [0.5, 0.6) is 0 Å². The topological polar surface area (TPSA) is 39.2 Å². The van der Waals surface area contributed by atoms with E-state index in [0.717, 1.165) is 17.0 Å². The van der Waals surface area contributed by atoms with Crippen LogP contribution in [0.15, 0.2) is 40.8 Å². The molecule has 2 rings (SSSR count). The zero-order valence-electron chi connectivity index (χ0n) is 7.53. The van der Waals surface area contributed by atoms with Crippen LogP contribution in [0.4, 0.5) is 5.69 Å². The van der Waals surface area contributed by atoms with Gasteiger partial charge in [0.15, 0.2) is 5.22 Å². The van der Waals surface area contributed by atoms with Crippen molar-refractivity contribution in [1.82, 2.24) is 0 Å². The van der Waals surface area contributed by atoms with Crippen molar-refractivity contribution in [1.29, 1.82) is 0 Å². The summed E-state index contributed by atoms with van der Waals surface area (Å²) in [6.45, 7) is 0. The smallest absolute Gasteiger partial charge is 0.193 e. The Morgan fingerprint density at radius 3 is 2.57 bits per heavy atom. The lowest BCUT2D eigenvalue weighted by atomic mass is 10.1. The van der Waals surface area contributed by atoms with Crippen molar-refractivity contribution in [3.8, 4) is 0 Å². The van der Waals surface area contributed by atoms with E-state index in [0.29, 0.717) is 11.6 Å². The molecule has 0 saturated heterocycles. The SMILES string of the molecule is Nc1ccccc1Cc1ccc(Cl)o1. The van der Waals surface area contributed by atoms with Crippen molar-refractivity contribution in [3.63, 3.8) is 0 Å². The van der Waals surface area contributed by atoms with Gasteiger partial charge in [0, 0.05) is 12.1 Å². The van der Waals surface area contributed by atoms with Gasteiger partial charge < -0.3 is 10.2 Å². The predicted octanol–water partition coefficient (Wildman–Crippen LogP) is 3.11. The summed E-state index contributed by atoms with van der Waals surface area (Å²) in [7, 11) is 0. The van der Waals surface area contributed by atoms with Crippen molar-refractivity contribution in [2.75, 3.05) is 5.73 Å². The number of para-hydroxylation sites is 1. The maximum atomic E-state index is 5.80. The van der Waals surface area contributed by atoms with E-state index in [2.05, 4.69) is 0 Å². The second kappa shape index (κ2) is 3.76. The minimum Gasteiger partial charge on any atom is -0.449 e. The number of anilines is 1.